The summed E-state index contributed by atoms with van der Waals surface area (Å²) in [6, 6.07) is 2.83. The average Bonchev–Trinajstić information content (AvgIpc) is 2.81. The van der Waals surface area contributed by atoms with Gasteiger partial charge >= 0.3 is 0 Å². The lowest BCUT2D eigenvalue weighted by Gasteiger charge is -2.18. The van der Waals surface area contributed by atoms with E-state index in [1.165, 1.54) is 7.11 Å². The highest BCUT2D eigenvalue weighted by atomic mass is 35.5. The number of benzene rings is 1. The molecule has 1 aromatic heterocycles. The van der Waals surface area contributed by atoms with E-state index in [0.29, 0.717) is 22.2 Å². The molecule has 0 saturated heterocycles. The van der Waals surface area contributed by atoms with Crippen molar-refractivity contribution in [2.75, 3.05) is 24.9 Å². The van der Waals surface area contributed by atoms with Crippen LogP contribution < -0.4 is 20.1 Å². The van der Waals surface area contributed by atoms with Gasteiger partial charge in [0.1, 0.15) is 17.5 Å². The van der Waals surface area contributed by atoms with Crippen molar-refractivity contribution in [3.63, 3.8) is 0 Å². The van der Waals surface area contributed by atoms with Crippen LogP contribution in [0.5, 0.6) is 11.5 Å². The molecule has 136 valence electrons. The summed E-state index contributed by atoms with van der Waals surface area (Å²) in [4.78, 5) is 12.5. The molecule has 1 atom stereocenters. The fraction of sp³-hybridized carbons (Fsp3) is 0.412. The zero-order valence-corrected chi connectivity index (χ0v) is 16.0. The molecular formula is C17H23ClN4O3. The lowest BCUT2D eigenvalue weighted by Crippen LogP contribution is -2.32. The van der Waals surface area contributed by atoms with Gasteiger partial charge in [-0.1, -0.05) is 11.6 Å². The molecule has 2 rings (SSSR count). The molecule has 0 saturated carbocycles. The summed E-state index contributed by atoms with van der Waals surface area (Å²) in [5.41, 5.74) is 2.99. The monoisotopic (exact) mass is 366 g/mol. The maximum atomic E-state index is 12.5. The van der Waals surface area contributed by atoms with Crippen LogP contribution in [0.2, 0.25) is 5.02 Å². The van der Waals surface area contributed by atoms with Gasteiger partial charge in [0, 0.05) is 13.1 Å². The Morgan fingerprint density at radius 3 is 2.40 bits per heavy atom. The van der Waals surface area contributed by atoms with E-state index in [1.807, 2.05) is 20.9 Å². The first kappa shape index (κ1) is 18.9. The van der Waals surface area contributed by atoms with Crippen molar-refractivity contribution in [1.82, 2.24) is 9.78 Å². The third-order valence-electron chi connectivity index (χ3n) is 4.00. The fourth-order valence-electron chi connectivity index (χ4n) is 2.46. The van der Waals surface area contributed by atoms with Crippen molar-refractivity contribution < 1.29 is 14.3 Å². The van der Waals surface area contributed by atoms with Crippen LogP contribution in [0.1, 0.15) is 18.3 Å². The Morgan fingerprint density at radius 1 is 1.24 bits per heavy atom. The first-order chi connectivity index (χ1) is 11.8. The summed E-state index contributed by atoms with van der Waals surface area (Å²) in [6.07, 6.45) is 0. The van der Waals surface area contributed by atoms with Crippen LogP contribution in [0, 0.1) is 13.8 Å². The number of ether oxygens (including phenoxy) is 2. The summed E-state index contributed by atoms with van der Waals surface area (Å²) in [5, 5.41) is 10.7. The van der Waals surface area contributed by atoms with Crippen LogP contribution in [-0.4, -0.2) is 35.9 Å². The van der Waals surface area contributed by atoms with Crippen LogP contribution in [0.25, 0.3) is 0 Å². The molecule has 8 heteroatoms. The summed E-state index contributed by atoms with van der Waals surface area (Å²) in [6.45, 7) is 5.51. The van der Waals surface area contributed by atoms with Crippen molar-refractivity contribution in [2.45, 2.75) is 26.8 Å². The van der Waals surface area contributed by atoms with E-state index in [2.05, 4.69) is 15.7 Å². The lowest BCUT2D eigenvalue weighted by molar-refractivity contribution is -0.116. The standard InChI is InChI=1S/C17H23ClN4O3/c1-9-16(11(3)22(4)21-9)20-17(23)10(2)19-13-7-12(18)14(24-5)8-15(13)25-6/h7-8,10,19H,1-6H3,(H,20,23)/t10-/m0/s1. The van der Waals surface area contributed by atoms with Gasteiger partial charge < -0.3 is 20.1 Å². The minimum atomic E-state index is -0.516. The predicted octanol–water partition coefficient (Wildman–Crippen LogP) is 3.15. The Hall–Kier alpha value is -2.41. The van der Waals surface area contributed by atoms with Crippen LogP contribution in [0.15, 0.2) is 12.1 Å². The normalized spacial score (nSPS) is 11.8. The number of amides is 1. The minimum Gasteiger partial charge on any atom is -0.495 e. The van der Waals surface area contributed by atoms with E-state index < -0.39 is 6.04 Å². The maximum Gasteiger partial charge on any atom is 0.246 e. The molecule has 2 N–H and O–H groups in total. The zero-order chi connectivity index (χ0) is 18.7. The summed E-state index contributed by atoms with van der Waals surface area (Å²) < 4.78 is 12.2. The Balaban J connectivity index is 2.17. The second kappa shape index (κ2) is 7.65. The number of halogens is 1. The van der Waals surface area contributed by atoms with Crippen molar-refractivity contribution >= 4 is 28.9 Å². The molecule has 0 aliphatic carbocycles. The largest absolute Gasteiger partial charge is 0.495 e. The summed E-state index contributed by atoms with van der Waals surface area (Å²) in [7, 11) is 4.91. The lowest BCUT2D eigenvalue weighted by atomic mass is 10.2. The smallest absolute Gasteiger partial charge is 0.246 e. The van der Waals surface area contributed by atoms with E-state index in [9.17, 15) is 4.79 Å². The number of aryl methyl sites for hydroxylation is 2. The van der Waals surface area contributed by atoms with Gasteiger partial charge in [0.05, 0.1) is 42.0 Å². The SMILES string of the molecule is COc1cc(OC)c(N[C@@H](C)C(=O)Nc2c(C)nn(C)c2C)cc1Cl. The molecule has 0 radical (unpaired) electrons. The van der Waals surface area contributed by atoms with Crippen molar-refractivity contribution in [1.29, 1.82) is 0 Å². The number of carbonyl (C=O) groups excluding carboxylic acids is 1. The highest BCUT2D eigenvalue weighted by Crippen LogP contribution is 2.36. The van der Waals surface area contributed by atoms with Gasteiger partial charge in [-0.05, 0) is 26.8 Å². The summed E-state index contributed by atoms with van der Waals surface area (Å²) >= 11 is 6.16. The molecule has 7 nitrogen and oxygen atoms in total. The predicted molar refractivity (Wildman–Crippen MR) is 99.0 cm³/mol. The molecule has 0 bridgehead atoms. The Labute approximate surface area is 152 Å². The number of aromatic nitrogens is 2. The average molecular weight is 367 g/mol. The second-order valence-electron chi connectivity index (χ2n) is 5.71. The van der Waals surface area contributed by atoms with Gasteiger partial charge in [-0.15, -0.1) is 0 Å². The van der Waals surface area contributed by atoms with Crippen LogP contribution >= 0.6 is 11.6 Å². The quantitative estimate of drug-likeness (QED) is 0.821. The molecular weight excluding hydrogens is 344 g/mol. The third kappa shape index (κ3) is 3.99. The first-order valence-corrected chi connectivity index (χ1v) is 8.15. The van der Waals surface area contributed by atoms with Gasteiger partial charge in [0.2, 0.25) is 5.91 Å². The molecule has 0 unspecified atom stereocenters. The number of anilines is 2. The number of carbonyl (C=O) groups is 1. The molecule has 0 spiro atoms. The molecule has 1 amide bonds. The van der Waals surface area contributed by atoms with E-state index >= 15 is 0 Å². The van der Waals surface area contributed by atoms with Crippen molar-refractivity contribution in [3.8, 4) is 11.5 Å². The van der Waals surface area contributed by atoms with Crippen molar-refractivity contribution in [2.24, 2.45) is 7.05 Å². The van der Waals surface area contributed by atoms with Gasteiger partial charge in [-0.2, -0.15) is 5.10 Å². The number of hydrogen-bond acceptors (Lipinski definition) is 5. The minimum absolute atomic E-state index is 0.187. The number of nitrogens with zero attached hydrogens (tertiary/aromatic N) is 2. The highest BCUT2D eigenvalue weighted by molar-refractivity contribution is 6.32. The second-order valence-corrected chi connectivity index (χ2v) is 6.12. The molecule has 0 fully saturated rings. The molecule has 25 heavy (non-hydrogen) atoms. The zero-order valence-electron chi connectivity index (χ0n) is 15.2. The van der Waals surface area contributed by atoms with E-state index in [0.717, 1.165) is 17.1 Å². The van der Waals surface area contributed by atoms with Crippen LogP contribution in [0.3, 0.4) is 0 Å². The van der Waals surface area contributed by atoms with Crippen LogP contribution in [0.4, 0.5) is 11.4 Å². The van der Waals surface area contributed by atoms with E-state index in [4.69, 9.17) is 21.1 Å². The topological polar surface area (TPSA) is 77.4 Å². The van der Waals surface area contributed by atoms with Crippen molar-refractivity contribution in [3.05, 3.63) is 28.5 Å². The van der Waals surface area contributed by atoms with E-state index in [1.54, 1.807) is 30.8 Å². The summed E-state index contributed by atoms with van der Waals surface area (Å²) in [5.74, 6) is 0.852. The Bertz CT molecular complexity index is 789. The number of rotatable bonds is 6. The number of hydrogen-bond donors (Lipinski definition) is 2. The maximum absolute atomic E-state index is 12.5. The highest BCUT2D eigenvalue weighted by Gasteiger charge is 2.19. The third-order valence-corrected chi connectivity index (χ3v) is 4.29. The Morgan fingerprint density at radius 2 is 1.88 bits per heavy atom. The molecule has 1 aromatic carbocycles. The van der Waals surface area contributed by atoms with Gasteiger partial charge in [-0.3, -0.25) is 9.48 Å². The molecule has 0 aliphatic rings. The van der Waals surface area contributed by atoms with E-state index in [-0.39, 0.29) is 5.91 Å². The van der Waals surface area contributed by atoms with Gasteiger partial charge in [-0.25, -0.2) is 0 Å². The molecule has 0 aliphatic heterocycles. The van der Waals surface area contributed by atoms with Gasteiger partial charge in [0.25, 0.3) is 0 Å². The Kier molecular flexibility index (Phi) is 5.79. The number of methoxy groups -OCH3 is 2. The molecule has 2 aromatic rings. The first-order valence-electron chi connectivity index (χ1n) is 7.77. The fourth-order valence-corrected chi connectivity index (χ4v) is 2.70. The number of nitrogens with one attached hydrogen (secondary N) is 2. The molecule has 1 heterocycles. The van der Waals surface area contributed by atoms with Gasteiger partial charge in [0.15, 0.2) is 0 Å². The van der Waals surface area contributed by atoms with Crippen LogP contribution in [-0.2, 0) is 11.8 Å².